The van der Waals surface area contributed by atoms with Crippen molar-refractivity contribution in [3.05, 3.63) is 76.5 Å². The van der Waals surface area contributed by atoms with Crippen LogP contribution in [-0.2, 0) is 31.0 Å². The van der Waals surface area contributed by atoms with E-state index in [1.54, 1.807) is 37.3 Å². The largest absolute Gasteiger partial charge is 0.507 e. The third-order valence-electron chi connectivity index (χ3n) is 12.2. The number of amides is 2. The lowest BCUT2D eigenvalue weighted by atomic mass is 9.86. The normalized spacial score (nSPS) is 17.8. The number of Topliss-reactive ketones (excluding diaryl/α,β-unsaturated/α-hetero) is 3. The van der Waals surface area contributed by atoms with Gasteiger partial charge < -0.3 is 63.1 Å². The third kappa shape index (κ3) is 12.8. The number of nitrogen functional groups attached to an aromatic ring is 1. The summed E-state index contributed by atoms with van der Waals surface area (Å²) in [6, 6.07) is 10.2. The highest BCUT2D eigenvalue weighted by atomic mass is 16.5. The monoisotopic (exact) mass is 954 g/mol. The number of nitrogens with zero attached hydrogens (tertiary/aromatic N) is 3. The van der Waals surface area contributed by atoms with Gasteiger partial charge in [-0.05, 0) is 91.7 Å². The molecule has 69 heavy (non-hydrogen) atoms. The van der Waals surface area contributed by atoms with Crippen molar-refractivity contribution < 1.29 is 53.9 Å². The van der Waals surface area contributed by atoms with Crippen LogP contribution < -0.4 is 37.7 Å². The van der Waals surface area contributed by atoms with Crippen LogP contribution in [0.25, 0.3) is 22.5 Å². The Bertz CT molecular complexity index is 2540. The number of aliphatic hydroxyl groups is 2. The zero-order valence-corrected chi connectivity index (χ0v) is 40.2. The minimum atomic E-state index is -1.51. The first-order valence-electron chi connectivity index (χ1n) is 22.8. The molecule has 2 amide bonds. The van der Waals surface area contributed by atoms with Crippen molar-refractivity contribution in [2.24, 2.45) is 29.0 Å². The highest BCUT2D eigenvalue weighted by Crippen LogP contribution is 2.45. The summed E-state index contributed by atoms with van der Waals surface area (Å²) in [5.74, 6) is -5.68. The number of likely N-dealkylation sites (N-methyl/N-ethyl adjacent to an activating group) is 1. The number of hydrogen-bond donors (Lipinski definition) is 9. The molecule has 0 radical (unpaired) electrons. The minimum absolute atomic E-state index is 0.0126. The second kappa shape index (κ2) is 22.7. The predicted molar refractivity (Wildman–Crippen MR) is 258 cm³/mol. The molecule has 0 fully saturated rings. The number of hydrogen-bond acceptors (Lipinski definition) is 17. The first-order valence-corrected chi connectivity index (χ1v) is 22.8. The summed E-state index contributed by atoms with van der Waals surface area (Å²) >= 11 is 0. The number of nitrogens with two attached hydrogens (primary N) is 4. The molecule has 1 aliphatic heterocycles. The van der Waals surface area contributed by atoms with Gasteiger partial charge in [-0.25, -0.2) is 9.97 Å². The molecule has 1 aromatic heterocycles. The summed E-state index contributed by atoms with van der Waals surface area (Å²) in [6.07, 6.45) is -3.09. The second-order valence-electron chi connectivity index (χ2n) is 18.7. The van der Waals surface area contributed by atoms with Crippen LogP contribution in [0.2, 0.25) is 0 Å². The van der Waals surface area contributed by atoms with E-state index in [9.17, 15) is 44.4 Å². The van der Waals surface area contributed by atoms with Crippen LogP contribution in [0.15, 0.2) is 48.5 Å². The molecule has 1 aliphatic rings. The van der Waals surface area contributed by atoms with Gasteiger partial charge >= 0.3 is 0 Å². The molecule has 372 valence electrons. The molecule has 4 bridgehead atoms. The number of fused-ring (bicyclic) bond motifs is 5. The Kier molecular flexibility index (Phi) is 17.6. The number of rotatable bonds is 17. The number of anilines is 1. The fraction of sp³-hybridized carbons (Fsp3) is 0.460. The number of benzene rings is 3. The van der Waals surface area contributed by atoms with E-state index in [0.29, 0.717) is 11.1 Å². The molecule has 0 saturated heterocycles. The van der Waals surface area contributed by atoms with Crippen LogP contribution in [0.1, 0.15) is 92.7 Å². The molecule has 3 aromatic carbocycles. The number of aryl methyl sites for hydroxylation is 1. The molecular formula is C50H66N8O11. The van der Waals surface area contributed by atoms with Gasteiger partial charge in [0.05, 0.1) is 22.9 Å². The standard InChI is InChI=1S/C50H66N8O11/c1-25-14-40(64)44(58(7)49(67)29(12-13-51)18-39(63)43-26(2)55-47(57-46(43)54)34-10-9-31(20-38(34)62)50(4,5)6)30-17-36(45(65)42(19-30)69-24-33(61)22-53)35-15-28(16-37(27(3)59)56-48(25)66)8-11-41(35)68-23-32(60)21-52/h8-11,15,17,19-20,25,29,32-33,37,44,60-62,65H,12-14,16,18,21-24,51-53H2,1-7H3,(H,56,66)(H2,54,55,57)/t25-,29-,32-,33-,37+,44+/m1/s1. The first-order chi connectivity index (χ1) is 32.5. The summed E-state index contributed by atoms with van der Waals surface area (Å²) in [7, 11) is 1.36. The fourth-order valence-corrected chi connectivity index (χ4v) is 8.13. The molecular weight excluding hydrogens is 889 g/mol. The van der Waals surface area contributed by atoms with Gasteiger partial charge in [-0.1, -0.05) is 39.8 Å². The average Bonchev–Trinajstić information content (AvgIpc) is 3.29. The Labute approximate surface area is 401 Å². The van der Waals surface area contributed by atoms with Crippen molar-refractivity contribution in [2.45, 2.75) is 96.9 Å². The molecule has 13 N–H and O–H groups in total. The molecule has 2 heterocycles. The van der Waals surface area contributed by atoms with Crippen LogP contribution >= 0.6 is 0 Å². The van der Waals surface area contributed by atoms with Gasteiger partial charge in [0.2, 0.25) is 11.8 Å². The van der Waals surface area contributed by atoms with E-state index < -0.39 is 78.1 Å². The quantitative estimate of drug-likeness (QED) is 0.0687. The van der Waals surface area contributed by atoms with E-state index in [4.69, 9.17) is 32.4 Å². The van der Waals surface area contributed by atoms with Gasteiger partial charge in [0.1, 0.15) is 48.8 Å². The first kappa shape index (κ1) is 53.4. The number of phenols is 2. The zero-order chi connectivity index (χ0) is 51.1. The number of aromatic nitrogens is 2. The van der Waals surface area contributed by atoms with Crippen LogP contribution in [0, 0.1) is 18.8 Å². The Hall–Kier alpha value is -6.51. The van der Waals surface area contributed by atoms with Gasteiger partial charge in [-0.3, -0.25) is 24.0 Å². The smallest absolute Gasteiger partial charge is 0.226 e. The molecule has 19 heteroatoms. The Morgan fingerprint density at radius 1 is 0.884 bits per heavy atom. The van der Waals surface area contributed by atoms with Gasteiger partial charge in [0, 0.05) is 55.9 Å². The predicted octanol–water partition coefficient (Wildman–Crippen LogP) is 2.77. The number of aromatic hydroxyl groups is 2. The molecule has 6 atom stereocenters. The van der Waals surface area contributed by atoms with Gasteiger partial charge in [0.15, 0.2) is 34.7 Å². The molecule has 0 spiro atoms. The lowest BCUT2D eigenvalue weighted by Crippen LogP contribution is -2.45. The molecule has 0 aliphatic carbocycles. The van der Waals surface area contributed by atoms with Gasteiger partial charge in [-0.15, -0.1) is 0 Å². The second-order valence-corrected chi connectivity index (χ2v) is 18.7. The third-order valence-corrected chi connectivity index (χ3v) is 12.2. The van der Waals surface area contributed by atoms with Crippen molar-refractivity contribution in [1.82, 2.24) is 20.2 Å². The minimum Gasteiger partial charge on any atom is -0.507 e. The van der Waals surface area contributed by atoms with Crippen molar-refractivity contribution in [3.8, 4) is 45.5 Å². The number of aliphatic hydroxyl groups excluding tert-OH is 2. The average molecular weight is 955 g/mol. The number of phenolic OH excluding ortho intramolecular Hbond substituents is 2. The van der Waals surface area contributed by atoms with E-state index in [-0.39, 0.29) is 114 Å². The van der Waals surface area contributed by atoms with Crippen molar-refractivity contribution >= 4 is 35.0 Å². The maximum absolute atomic E-state index is 14.9. The Morgan fingerprint density at radius 2 is 1.54 bits per heavy atom. The molecule has 0 saturated carbocycles. The summed E-state index contributed by atoms with van der Waals surface area (Å²) in [6.45, 7) is 9.41. The highest BCUT2D eigenvalue weighted by Gasteiger charge is 2.37. The van der Waals surface area contributed by atoms with E-state index in [2.05, 4.69) is 15.3 Å². The number of nitrogens with one attached hydrogen (secondary N) is 1. The summed E-state index contributed by atoms with van der Waals surface area (Å²) in [4.78, 5) is 80.6. The highest BCUT2D eigenvalue weighted by molar-refractivity contribution is 6.03. The SMILES string of the molecule is CC(=O)[C@@H]1Cc2ccc(OC[C@H](O)CN)c(c2)-c2cc(cc(OC[C@H](O)CN)c2O)[C@H](N(C)C(=O)[C@H](CCN)CC(=O)c2c(C)nc(-c3ccc(C(C)(C)C)cc3O)nc2N)C(=O)C[C@@H](C)C(=O)N1. The summed E-state index contributed by atoms with van der Waals surface area (Å²) in [5, 5.41) is 46.4. The molecule has 5 rings (SSSR count). The maximum Gasteiger partial charge on any atom is 0.226 e. The van der Waals surface area contributed by atoms with Crippen LogP contribution in [0.4, 0.5) is 5.82 Å². The molecule has 4 aromatic rings. The maximum atomic E-state index is 14.9. The van der Waals surface area contributed by atoms with Crippen molar-refractivity contribution in [1.29, 1.82) is 0 Å². The Morgan fingerprint density at radius 3 is 2.12 bits per heavy atom. The van der Waals surface area contributed by atoms with E-state index in [1.165, 1.54) is 33.0 Å². The molecule has 0 unspecified atom stereocenters. The zero-order valence-electron chi connectivity index (χ0n) is 40.2. The van der Waals surface area contributed by atoms with Crippen molar-refractivity contribution in [2.75, 3.05) is 45.6 Å². The number of carbonyl (C=O) groups is 5. The topological polar surface area (TPSA) is 330 Å². The van der Waals surface area contributed by atoms with Crippen LogP contribution in [0.5, 0.6) is 23.0 Å². The van der Waals surface area contributed by atoms with E-state index in [1.807, 2.05) is 26.8 Å². The number of carbonyl (C=O) groups excluding carboxylic acids is 5. The van der Waals surface area contributed by atoms with Gasteiger partial charge in [-0.2, -0.15) is 0 Å². The Balaban J connectivity index is 1.63. The van der Waals surface area contributed by atoms with Crippen LogP contribution in [-0.4, -0.2) is 123 Å². The lowest BCUT2D eigenvalue weighted by Gasteiger charge is -2.32. The lowest BCUT2D eigenvalue weighted by molar-refractivity contribution is -0.142. The summed E-state index contributed by atoms with van der Waals surface area (Å²) < 4.78 is 11.9. The van der Waals surface area contributed by atoms with Crippen LogP contribution in [0.3, 0.4) is 0 Å². The van der Waals surface area contributed by atoms with E-state index >= 15 is 0 Å². The number of ether oxygens (including phenoxy) is 2. The van der Waals surface area contributed by atoms with E-state index in [0.717, 1.165) is 10.5 Å². The number of ketones is 3. The van der Waals surface area contributed by atoms with Crippen molar-refractivity contribution in [3.63, 3.8) is 0 Å². The van der Waals surface area contributed by atoms with Gasteiger partial charge in [0.25, 0.3) is 0 Å². The summed E-state index contributed by atoms with van der Waals surface area (Å²) in [5.41, 5.74) is 25.8. The molecule has 19 nitrogen and oxygen atoms in total. The fourth-order valence-electron chi connectivity index (χ4n) is 8.13.